The molecule has 0 aliphatic rings. The van der Waals surface area contributed by atoms with Gasteiger partial charge in [0.15, 0.2) is 0 Å². The van der Waals surface area contributed by atoms with Crippen LogP contribution in [0.5, 0.6) is 5.75 Å². The van der Waals surface area contributed by atoms with E-state index in [9.17, 15) is 9.59 Å². The lowest BCUT2D eigenvalue weighted by molar-refractivity contribution is -0.134. The summed E-state index contributed by atoms with van der Waals surface area (Å²) >= 11 is 0. The zero-order chi connectivity index (χ0) is 16.1. The molecule has 2 rings (SSSR count). The fourth-order valence-electron chi connectivity index (χ4n) is 1.92. The van der Waals surface area contributed by atoms with Crippen LogP contribution in [0.3, 0.4) is 0 Å². The highest BCUT2D eigenvalue weighted by molar-refractivity contribution is 5.98. The molecule has 1 aromatic carbocycles. The van der Waals surface area contributed by atoms with Gasteiger partial charge in [-0.15, -0.1) is 0 Å². The highest BCUT2D eigenvalue weighted by atomic mass is 16.6. The molecule has 1 heterocycles. The molecule has 0 aliphatic heterocycles. The zero-order valence-electron chi connectivity index (χ0n) is 12.8. The molecule has 0 fully saturated rings. The average Bonchev–Trinajstić information content (AvgIpc) is 2.95. The smallest absolute Gasteiger partial charge is 0.414 e. The maximum atomic E-state index is 11.9. The second-order valence-corrected chi connectivity index (χ2v) is 4.66. The van der Waals surface area contributed by atoms with Crippen LogP contribution < -0.4 is 4.74 Å². The molecule has 0 unspecified atom stereocenters. The standard InChI is InChI=1S/C16H18N2O4/c1-4-18(2)16(20)22-13-7-5-6-12-15(13)11(10-17-12)8-9-14(19)21-3/h5-10,17H,4H2,1-3H3. The number of hydrogen-bond acceptors (Lipinski definition) is 4. The highest BCUT2D eigenvalue weighted by Crippen LogP contribution is 2.30. The number of aromatic nitrogens is 1. The third kappa shape index (κ3) is 3.28. The van der Waals surface area contributed by atoms with Crippen LogP contribution in [0.15, 0.2) is 30.5 Å². The number of amides is 1. The van der Waals surface area contributed by atoms with Crippen molar-refractivity contribution in [2.24, 2.45) is 0 Å². The first-order chi connectivity index (χ1) is 10.6. The van der Waals surface area contributed by atoms with Gasteiger partial charge in [-0.25, -0.2) is 9.59 Å². The zero-order valence-corrected chi connectivity index (χ0v) is 12.8. The van der Waals surface area contributed by atoms with Crippen molar-refractivity contribution in [1.82, 2.24) is 9.88 Å². The first kappa shape index (κ1) is 15.6. The number of ether oxygens (including phenoxy) is 2. The molecule has 116 valence electrons. The minimum atomic E-state index is -0.449. The largest absolute Gasteiger partial charge is 0.466 e. The van der Waals surface area contributed by atoms with Gasteiger partial charge in [0.2, 0.25) is 0 Å². The van der Waals surface area contributed by atoms with E-state index in [-0.39, 0.29) is 0 Å². The molecule has 6 nitrogen and oxygen atoms in total. The number of benzene rings is 1. The SMILES string of the molecule is CCN(C)C(=O)Oc1cccc2[nH]cc(C=CC(=O)OC)c12. The Hall–Kier alpha value is -2.76. The van der Waals surface area contributed by atoms with Crippen LogP contribution >= 0.6 is 0 Å². The predicted molar refractivity (Wildman–Crippen MR) is 83.7 cm³/mol. The quantitative estimate of drug-likeness (QED) is 0.696. The van der Waals surface area contributed by atoms with Gasteiger partial charge in [0.1, 0.15) is 5.75 Å². The average molecular weight is 302 g/mol. The summed E-state index contributed by atoms with van der Waals surface area (Å²) < 4.78 is 10.0. The van der Waals surface area contributed by atoms with Crippen LogP contribution in [-0.2, 0) is 9.53 Å². The van der Waals surface area contributed by atoms with Crippen molar-refractivity contribution in [3.05, 3.63) is 36.0 Å². The Balaban J connectivity index is 2.38. The Labute approximate surface area is 128 Å². The molecular formula is C16H18N2O4. The molecule has 0 aliphatic carbocycles. The van der Waals surface area contributed by atoms with Crippen molar-refractivity contribution in [3.8, 4) is 5.75 Å². The highest BCUT2D eigenvalue weighted by Gasteiger charge is 2.14. The first-order valence-electron chi connectivity index (χ1n) is 6.86. The maximum Gasteiger partial charge on any atom is 0.414 e. The molecule has 1 aromatic heterocycles. The number of aromatic amines is 1. The number of carbonyl (C=O) groups excluding carboxylic acids is 2. The van der Waals surface area contributed by atoms with E-state index < -0.39 is 12.1 Å². The molecule has 22 heavy (non-hydrogen) atoms. The van der Waals surface area contributed by atoms with E-state index in [0.29, 0.717) is 12.3 Å². The molecule has 0 atom stereocenters. The second-order valence-electron chi connectivity index (χ2n) is 4.66. The van der Waals surface area contributed by atoms with E-state index >= 15 is 0 Å². The minimum Gasteiger partial charge on any atom is -0.466 e. The number of nitrogens with one attached hydrogen (secondary N) is 1. The molecule has 1 amide bonds. The normalized spacial score (nSPS) is 10.9. The summed E-state index contributed by atoms with van der Waals surface area (Å²) in [6.45, 7) is 2.42. The Kier molecular flexibility index (Phi) is 4.83. The number of esters is 1. The summed E-state index contributed by atoms with van der Waals surface area (Å²) in [5, 5.41) is 0.737. The fraction of sp³-hybridized carbons (Fsp3) is 0.250. The van der Waals surface area contributed by atoms with Crippen molar-refractivity contribution in [3.63, 3.8) is 0 Å². The topological polar surface area (TPSA) is 71.6 Å². The molecule has 0 bridgehead atoms. The number of carbonyl (C=O) groups is 2. The van der Waals surface area contributed by atoms with Gasteiger partial charge < -0.3 is 19.4 Å². The number of nitrogens with zero attached hydrogens (tertiary/aromatic N) is 1. The van der Waals surface area contributed by atoms with E-state index in [2.05, 4.69) is 9.72 Å². The van der Waals surface area contributed by atoms with Gasteiger partial charge >= 0.3 is 12.1 Å². The Bertz CT molecular complexity index is 718. The van der Waals surface area contributed by atoms with Gasteiger partial charge in [-0.2, -0.15) is 0 Å². The third-order valence-corrected chi connectivity index (χ3v) is 3.28. The summed E-state index contributed by atoms with van der Waals surface area (Å²) in [7, 11) is 2.98. The van der Waals surface area contributed by atoms with E-state index in [4.69, 9.17) is 4.74 Å². The third-order valence-electron chi connectivity index (χ3n) is 3.28. The summed E-state index contributed by atoms with van der Waals surface area (Å²) in [5.74, 6) is -0.0110. The molecule has 0 spiro atoms. The van der Waals surface area contributed by atoms with E-state index in [1.807, 2.05) is 13.0 Å². The van der Waals surface area contributed by atoms with Gasteiger partial charge in [-0.05, 0) is 25.1 Å². The van der Waals surface area contributed by atoms with Crippen LogP contribution in [0.4, 0.5) is 4.79 Å². The number of fused-ring (bicyclic) bond motifs is 1. The van der Waals surface area contributed by atoms with Crippen LogP contribution in [0.25, 0.3) is 17.0 Å². The summed E-state index contributed by atoms with van der Waals surface area (Å²) in [6, 6.07) is 5.37. The van der Waals surface area contributed by atoms with Crippen molar-refractivity contribution in [2.75, 3.05) is 20.7 Å². The van der Waals surface area contributed by atoms with Gasteiger partial charge in [0, 0.05) is 42.3 Å². The maximum absolute atomic E-state index is 11.9. The number of H-pyrrole nitrogens is 1. The molecule has 2 aromatic rings. The van der Waals surface area contributed by atoms with Crippen molar-refractivity contribution < 1.29 is 19.1 Å². The molecule has 6 heteroatoms. The van der Waals surface area contributed by atoms with E-state index in [0.717, 1.165) is 16.5 Å². The molecule has 0 saturated heterocycles. The van der Waals surface area contributed by atoms with Crippen LogP contribution in [0, 0.1) is 0 Å². The number of rotatable bonds is 4. The van der Waals surface area contributed by atoms with Crippen LogP contribution in [-0.4, -0.2) is 42.6 Å². The van der Waals surface area contributed by atoms with E-state index in [1.165, 1.54) is 18.1 Å². The van der Waals surface area contributed by atoms with Crippen LogP contribution in [0.2, 0.25) is 0 Å². The number of methoxy groups -OCH3 is 1. The van der Waals surface area contributed by atoms with E-state index in [1.54, 1.807) is 31.5 Å². The summed E-state index contributed by atoms with van der Waals surface area (Å²) in [4.78, 5) is 27.7. The monoisotopic (exact) mass is 302 g/mol. The van der Waals surface area contributed by atoms with Crippen molar-refractivity contribution in [1.29, 1.82) is 0 Å². The molecule has 0 saturated carbocycles. The fourth-order valence-corrected chi connectivity index (χ4v) is 1.92. The Morgan fingerprint density at radius 2 is 2.14 bits per heavy atom. The summed E-state index contributed by atoms with van der Waals surface area (Å²) in [6.07, 6.45) is 4.25. The Morgan fingerprint density at radius 3 is 2.82 bits per heavy atom. The van der Waals surface area contributed by atoms with Crippen LogP contribution in [0.1, 0.15) is 12.5 Å². The lowest BCUT2D eigenvalue weighted by Crippen LogP contribution is -2.29. The lowest BCUT2D eigenvalue weighted by atomic mass is 10.1. The molecule has 0 radical (unpaired) electrons. The predicted octanol–water partition coefficient (Wildman–Crippen LogP) is 2.80. The molecule has 1 N–H and O–H groups in total. The number of hydrogen-bond donors (Lipinski definition) is 1. The lowest BCUT2D eigenvalue weighted by Gasteiger charge is -2.14. The van der Waals surface area contributed by atoms with Gasteiger partial charge in [-0.1, -0.05) is 6.07 Å². The molecular weight excluding hydrogens is 284 g/mol. The van der Waals surface area contributed by atoms with Gasteiger partial charge in [0.25, 0.3) is 0 Å². The van der Waals surface area contributed by atoms with Crippen molar-refractivity contribution in [2.45, 2.75) is 6.92 Å². The Morgan fingerprint density at radius 1 is 1.36 bits per heavy atom. The van der Waals surface area contributed by atoms with Gasteiger partial charge in [0.05, 0.1) is 7.11 Å². The summed E-state index contributed by atoms with van der Waals surface area (Å²) in [5.41, 5.74) is 1.55. The minimum absolute atomic E-state index is 0.431. The first-order valence-corrected chi connectivity index (χ1v) is 6.86. The van der Waals surface area contributed by atoms with Gasteiger partial charge in [-0.3, -0.25) is 0 Å². The second kappa shape index (κ2) is 6.80. The van der Waals surface area contributed by atoms with Crippen molar-refractivity contribution >= 4 is 29.0 Å².